The zero-order valence-electron chi connectivity index (χ0n) is 29.1. The Bertz CT molecular complexity index is 1720. The first-order valence-electron chi connectivity index (χ1n) is 17.7. The van der Waals surface area contributed by atoms with Gasteiger partial charge in [-0.3, -0.25) is 28.8 Å². The van der Waals surface area contributed by atoms with E-state index in [1.54, 1.807) is 0 Å². The van der Waals surface area contributed by atoms with Crippen LogP contribution in [-0.4, -0.2) is 97.8 Å². The summed E-state index contributed by atoms with van der Waals surface area (Å²) < 4.78 is 9.99. The van der Waals surface area contributed by atoms with Crippen LogP contribution in [0.1, 0.15) is 56.5 Å². The van der Waals surface area contributed by atoms with Crippen molar-refractivity contribution in [2.24, 2.45) is 23.7 Å². The van der Waals surface area contributed by atoms with Crippen LogP contribution >= 0.6 is 0 Å². The van der Waals surface area contributed by atoms with Gasteiger partial charge in [-0.25, -0.2) is 0 Å². The van der Waals surface area contributed by atoms with Gasteiger partial charge in [-0.1, -0.05) is 60.7 Å². The van der Waals surface area contributed by atoms with E-state index in [2.05, 4.69) is 10.6 Å². The Morgan fingerprint density at radius 1 is 0.519 bits per heavy atom. The van der Waals surface area contributed by atoms with E-state index in [4.69, 9.17) is 9.47 Å². The maximum atomic E-state index is 13.6. The minimum absolute atomic E-state index is 0.0240. The van der Waals surface area contributed by atoms with Gasteiger partial charge in [0.15, 0.2) is 0 Å². The summed E-state index contributed by atoms with van der Waals surface area (Å²) in [4.78, 5) is 82.3. The topological polar surface area (TPSA) is 151 Å². The number of benzene rings is 3. The summed E-state index contributed by atoms with van der Waals surface area (Å²) in [5.74, 6) is -5.15. The first-order chi connectivity index (χ1) is 25.2. The molecule has 2 N–H and O–H groups in total. The van der Waals surface area contributed by atoms with Crippen molar-refractivity contribution in [3.63, 3.8) is 0 Å². The molecule has 4 amide bonds. The molecule has 2 saturated heterocycles. The summed E-state index contributed by atoms with van der Waals surface area (Å²) in [6.45, 7) is 0.145. The maximum Gasteiger partial charge on any atom is 0.311 e. The van der Waals surface area contributed by atoms with Crippen LogP contribution in [0.2, 0.25) is 0 Å². The van der Waals surface area contributed by atoms with E-state index in [1.807, 2.05) is 60.7 Å². The molecular formula is C40H42N4O8. The number of ether oxygens (including phenoxy) is 2. The van der Waals surface area contributed by atoms with E-state index in [0.29, 0.717) is 0 Å². The van der Waals surface area contributed by atoms with Crippen LogP contribution in [0.3, 0.4) is 0 Å². The molecule has 52 heavy (non-hydrogen) atoms. The van der Waals surface area contributed by atoms with Crippen molar-refractivity contribution < 1.29 is 38.2 Å². The summed E-state index contributed by atoms with van der Waals surface area (Å²) >= 11 is 0. The SMILES string of the molecule is COC(=O)[C@@H]1CN(C(=O)c2ccc(C(=O)N3C[C@@H](C(=O)N[C@@H]4C[C@H]4c4ccccc4)[C@H](C(=O)OC)C3)cc2)C[C@H]1C(=O)N[C@@H]1C[C@H]1c1ccccc1. The van der Waals surface area contributed by atoms with Gasteiger partial charge in [0.25, 0.3) is 11.8 Å². The molecule has 0 bridgehead atoms. The predicted octanol–water partition coefficient (Wildman–Crippen LogP) is 2.75. The molecule has 0 unspecified atom stereocenters. The zero-order valence-corrected chi connectivity index (χ0v) is 29.1. The third-order valence-electron chi connectivity index (χ3n) is 11.0. The molecule has 270 valence electrons. The van der Waals surface area contributed by atoms with Gasteiger partial charge in [0.05, 0.1) is 37.9 Å². The predicted molar refractivity (Wildman–Crippen MR) is 188 cm³/mol. The smallest absolute Gasteiger partial charge is 0.311 e. The Morgan fingerprint density at radius 3 is 1.21 bits per heavy atom. The number of hydrogen-bond acceptors (Lipinski definition) is 8. The van der Waals surface area contributed by atoms with Crippen LogP contribution in [0.15, 0.2) is 84.9 Å². The van der Waals surface area contributed by atoms with E-state index in [9.17, 15) is 28.8 Å². The second-order valence-corrected chi connectivity index (χ2v) is 14.2. The highest BCUT2D eigenvalue weighted by atomic mass is 16.5. The molecule has 12 nitrogen and oxygen atoms in total. The van der Waals surface area contributed by atoms with Gasteiger partial charge >= 0.3 is 11.9 Å². The molecule has 3 aromatic carbocycles. The Morgan fingerprint density at radius 2 is 0.865 bits per heavy atom. The van der Waals surface area contributed by atoms with Gasteiger partial charge in [-0.15, -0.1) is 0 Å². The van der Waals surface area contributed by atoms with Crippen LogP contribution in [0, 0.1) is 23.7 Å². The lowest BCUT2D eigenvalue weighted by Gasteiger charge is -2.18. The van der Waals surface area contributed by atoms with Gasteiger partial charge in [0, 0.05) is 61.2 Å². The number of amides is 4. The lowest BCUT2D eigenvalue weighted by molar-refractivity contribution is -0.149. The van der Waals surface area contributed by atoms with E-state index in [-0.39, 0.29) is 84.9 Å². The third-order valence-corrected chi connectivity index (χ3v) is 11.0. The average Bonchev–Trinajstić information content (AvgIpc) is 4.02. The summed E-state index contributed by atoms with van der Waals surface area (Å²) in [6, 6.07) is 25.9. The number of nitrogens with one attached hydrogen (secondary N) is 2. The molecule has 7 rings (SSSR count). The first-order valence-corrected chi connectivity index (χ1v) is 17.7. The molecule has 4 aliphatic rings. The summed E-state index contributed by atoms with van der Waals surface area (Å²) in [5.41, 5.74) is 2.87. The van der Waals surface area contributed by atoms with Crippen molar-refractivity contribution in [3.8, 4) is 0 Å². The number of esters is 2. The second-order valence-electron chi connectivity index (χ2n) is 14.2. The van der Waals surface area contributed by atoms with Crippen molar-refractivity contribution in [2.75, 3.05) is 40.4 Å². The Labute approximate surface area is 301 Å². The summed E-state index contributed by atoms with van der Waals surface area (Å²) in [5, 5.41) is 6.13. The largest absolute Gasteiger partial charge is 0.469 e. The molecule has 2 heterocycles. The molecule has 0 spiro atoms. The number of carbonyl (C=O) groups is 6. The van der Waals surface area contributed by atoms with Crippen LogP contribution < -0.4 is 10.6 Å². The molecule has 2 saturated carbocycles. The fourth-order valence-electron chi connectivity index (χ4n) is 7.80. The fraction of sp³-hybridized carbons (Fsp3) is 0.400. The standard InChI is InChI=1S/C40H42N4O8/c1-51-39(49)31-21-43(19-29(31)35(45)41-33-17-27(33)23-9-5-3-6-10-23)37(47)25-13-15-26(16-14-25)38(48)44-20-30(32(22-44)40(50)52-2)36(46)42-34-18-28(34)24-11-7-4-8-12-24/h3-16,27-34H,17-22H2,1-2H3,(H,41,45)(H,42,46)/t27-,28-,29+,30+,31+,32+,33+,34+/m0/s1. The minimum atomic E-state index is -0.809. The highest BCUT2D eigenvalue weighted by molar-refractivity contribution is 6.00. The van der Waals surface area contributed by atoms with E-state index in [1.165, 1.54) is 48.3 Å². The van der Waals surface area contributed by atoms with Gasteiger partial charge in [-0.2, -0.15) is 0 Å². The van der Waals surface area contributed by atoms with Crippen molar-refractivity contribution in [3.05, 3.63) is 107 Å². The summed E-state index contributed by atoms with van der Waals surface area (Å²) in [6.07, 6.45) is 1.62. The minimum Gasteiger partial charge on any atom is -0.469 e. The van der Waals surface area contributed by atoms with Crippen molar-refractivity contribution in [1.29, 1.82) is 0 Å². The lowest BCUT2D eigenvalue weighted by Crippen LogP contribution is -2.39. The highest BCUT2D eigenvalue weighted by Crippen LogP contribution is 2.42. The highest BCUT2D eigenvalue weighted by Gasteiger charge is 2.49. The maximum absolute atomic E-state index is 13.6. The second kappa shape index (κ2) is 14.6. The number of rotatable bonds is 10. The number of hydrogen-bond donors (Lipinski definition) is 2. The quantitative estimate of drug-likeness (QED) is 0.306. The fourth-order valence-corrected chi connectivity index (χ4v) is 7.80. The van der Waals surface area contributed by atoms with Crippen LogP contribution in [-0.2, 0) is 28.7 Å². The van der Waals surface area contributed by atoms with Crippen molar-refractivity contribution in [2.45, 2.75) is 36.8 Å². The Balaban J connectivity index is 0.970. The van der Waals surface area contributed by atoms with Crippen LogP contribution in [0.25, 0.3) is 0 Å². The van der Waals surface area contributed by atoms with Gasteiger partial charge < -0.3 is 29.9 Å². The van der Waals surface area contributed by atoms with Gasteiger partial charge in [0.2, 0.25) is 11.8 Å². The molecular weight excluding hydrogens is 664 g/mol. The third kappa shape index (κ3) is 7.15. The molecule has 0 radical (unpaired) electrons. The molecule has 4 fully saturated rings. The number of likely N-dealkylation sites (tertiary alicyclic amines) is 2. The molecule has 12 heteroatoms. The monoisotopic (exact) mass is 706 g/mol. The molecule has 2 aliphatic carbocycles. The van der Waals surface area contributed by atoms with Crippen molar-refractivity contribution >= 4 is 35.6 Å². The average molecular weight is 707 g/mol. The van der Waals surface area contributed by atoms with Crippen LogP contribution in [0.4, 0.5) is 0 Å². The number of carbonyl (C=O) groups excluding carboxylic acids is 6. The Hall–Kier alpha value is -5.52. The van der Waals surface area contributed by atoms with E-state index < -0.39 is 35.6 Å². The zero-order chi connectivity index (χ0) is 36.5. The number of methoxy groups -OCH3 is 2. The molecule has 0 aromatic heterocycles. The summed E-state index contributed by atoms with van der Waals surface area (Å²) in [7, 11) is 2.53. The van der Waals surface area contributed by atoms with Crippen LogP contribution in [0.5, 0.6) is 0 Å². The molecule has 3 aromatic rings. The van der Waals surface area contributed by atoms with E-state index in [0.717, 1.165) is 24.0 Å². The van der Waals surface area contributed by atoms with Crippen molar-refractivity contribution in [1.82, 2.24) is 20.4 Å². The number of nitrogens with zero attached hydrogens (tertiary/aromatic N) is 2. The molecule has 8 atom stereocenters. The van der Waals surface area contributed by atoms with E-state index >= 15 is 0 Å². The normalized spacial score (nSPS) is 27.3. The Kier molecular flexibility index (Phi) is 9.81. The first kappa shape index (κ1) is 34.9. The van der Waals surface area contributed by atoms with Gasteiger partial charge in [-0.05, 0) is 48.2 Å². The lowest BCUT2D eigenvalue weighted by atomic mass is 9.95. The molecule has 2 aliphatic heterocycles. The van der Waals surface area contributed by atoms with Gasteiger partial charge in [0.1, 0.15) is 0 Å².